The van der Waals surface area contributed by atoms with Crippen molar-refractivity contribution >= 4 is 40.6 Å². The molecule has 0 amide bonds. The van der Waals surface area contributed by atoms with Crippen molar-refractivity contribution in [3.63, 3.8) is 0 Å². The second-order valence-electron chi connectivity index (χ2n) is 7.05. The summed E-state index contributed by atoms with van der Waals surface area (Å²) >= 11 is 11.6. The highest BCUT2D eigenvalue weighted by Crippen LogP contribution is 2.24. The van der Waals surface area contributed by atoms with Gasteiger partial charge in [0, 0.05) is 37.9 Å². The number of anilines is 1. The molecule has 5 nitrogen and oxygen atoms in total. The Morgan fingerprint density at radius 2 is 1.96 bits per heavy atom. The van der Waals surface area contributed by atoms with Gasteiger partial charge in [0.25, 0.3) is 0 Å². The van der Waals surface area contributed by atoms with Crippen molar-refractivity contribution in [3.8, 4) is 0 Å². The summed E-state index contributed by atoms with van der Waals surface area (Å²) in [5, 5.41) is 13.1. The number of carboxylic acid groups (broad SMARTS) is 1. The van der Waals surface area contributed by atoms with Gasteiger partial charge in [0.05, 0.1) is 10.6 Å². The zero-order valence-electron chi connectivity index (χ0n) is 15.5. The highest BCUT2D eigenvalue weighted by molar-refractivity contribution is 7.80. The lowest BCUT2D eigenvalue weighted by molar-refractivity contribution is 0.0697. The van der Waals surface area contributed by atoms with Gasteiger partial charge in [-0.15, -0.1) is 0 Å². The van der Waals surface area contributed by atoms with Crippen LogP contribution in [0, 0.1) is 0 Å². The Morgan fingerprint density at radius 1 is 1.26 bits per heavy atom. The molecule has 0 saturated carbocycles. The standard InChI is InChI=1S/C20H24ClN3O2S/c1-13-3-5-16(11-14(13)2)23-7-9-24(10-8-23)20(27)22-15-4-6-17(19(25)26)18(21)12-15/h3-6,12,16H,7-11H2,1-2H3,(H,22,27)(H,25,26). The average Bonchev–Trinajstić information content (AvgIpc) is 2.64. The van der Waals surface area contributed by atoms with Crippen LogP contribution >= 0.6 is 23.8 Å². The van der Waals surface area contributed by atoms with Crippen LogP contribution in [0.4, 0.5) is 5.69 Å². The van der Waals surface area contributed by atoms with Crippen LogP contribution in [-0.4, -0.2) is 58.2 Å². The van der Waals surface area contributed by atoms with E-state index in [1.807, 2.05) is 0 Å². The average molecular weight is 406 g/mol. The number of halogens is 1. The van der Waals surface area contributed by atoms with Gasteiger partial charge in [0.2, 0.25) is 0 Å². The van der Waals surface area contributed by atoms with Crippen molar-refractivity contribution in [1.82, 2.24) is 9.80 Å². The Morgan fingerprint density at radius 3 is 2.56 bits per heavy atom. The third-order valence-electron chi connectivity index (χ3n) is 5.28. The molecule has 0 aromatic heterocycles. The summed E-state index contributed by atoms with van der Waals surface area (Å²) in [6.07, 6.45) is 5.63. The number of carbonyl (C=O) groups is 1. The molecule has 3 rings (SSSR count). The van der Waals surface area contributed by atoms with Crippen LogP contribution in [0.3, 0.4) is 0 Å². The van der Waals surface area contributed by atoms with Crippen molar-refractivity contribution in [2.24, 2.45) is 0 Å². The van der Waals surface area contributed by atoms with Gasteiger partial charge in [-0.25, -0.2) is 4.79 Å². The molecule has 1 aliphatic heterocycles. The first-order chi connectivity index (χ1) is 12.8. The molecule has 1 aromatic carbocycles. The summed E-state index contributed by atoms with van der Waals surface area (Å²) in [5.74, 6) is -1.04. The van der Waals surface area contributed by atoms with Crippen molar-refractivity contribution < 1.29 is 9.90 Å². The first-order valence-electron chi connectivity index (χ1n) is 9.02. The Bertz CT molecular complexity index is 813. The number of nitrogens with one attached hydrogen (secondary N) is 1. The molecular formula is C20H24ClN3O2S. The van der Waals surface area contributed by atoms with E-state index >= 15 is 0 Å². The predicted molar refractivity (Wildman–Crippen MR) is 114 cm³/mol. The Kier molecular flexibility index (Phi) is 6.19. The van der Waals surface area contributed by atoms with Crippen LogP contribution in [0.1, 0.15) is 30.6 Å². The fraction of sp³-hybridized carbons (Fsp3) is 0.400. The summed E-state index contributed by atoms with van der Waals surface area (Å²) in [6, 6.07) is 5.24. The highest BCUT2D eigenvalue weighted by Gasteiger charge is 2.25. The van der Waals surface area contributed by atoms with Gasteiger partial charge in [0.1, 0.15) is 0 Å². The zero-order chi connectivity index (χ0) is 19.6. The molecule has 27 heavy (non-hydrogen) atoms. The molecule has 0 spiro atoms. The van der Waals surface area contributed by atoms with E-state index in [0.29, 0.717) is 16.8 Å². The summed E-state index contributed by atoms with van der Waals surface area (Å²) in [6.45, 7) is 8.02. The minimum Gasteiger partial charge on any atom is -0.478 e. The maximum atomic E-state index is 11.1. The van der Waals surface area contributed by atoms with Gasteiger partial charge < -0.3 is 15.3 Å². The molecule has 1 aromatic rings. The normalized spacial score (nSPS) is 20.7. The number of nitrogens with zero attached hydrogens (tertiary/aromatic N) is 2. The molecule has 0 bridgehead atoms. The maximum absolute atomic E-state index is 11.1. The van der Waals surface area contributed by atoms with Crippen molar-refractivity contribution in [3.05, 3.63) is 52.1 Å². The van der Waals surface area contributed by atoms with Gasteiger partial charge in [-0.3, -0.25) is 4.90 Å². The van der Waals surface area contributed by atoms with Gasteiger partial charge in [-0.1, -0.05) is 34.9 Å². The lowest BCUT2D eigenvalue weighted by atomic mass is 9.95. The lowest BCUT2D eigenvalue weighted by Crippen LogP contribution is -2.52. The number of aromatic carboxylic acids is 1. The van der Waals surface area contributed by atoms with Crippen LogP contribution in [0.15, 0.2) is 41.5 Å². The maximum Gasteiger partial charge on any atom is 0.337 e. The summed E-state index contributed by atoms with van der Waals surface area (Å²) in [4.78, 5) is 15.7. The number of piperazine rings is 1. The second kappa shape index (κ2) is 8.42. The minimum absolute atomic E-state index is 0.0851. The molecule has 1 heterocycles. The SMILES string of the molecule is CC1=C(C)CC(N2CCN(C(=S)Nc3ccc(C(=O)O)c(Cl)c3)CC2)C=C1. The quantitative estimate of drug-likeness (QED) is 0.741. The number of hydrogen-bond acceptors (Lipinski definition) is 3. The summed E-state index contributed by atoms with van der Waals surface area (Å²) < 4.78 is 0. The van der Waals surface area contributed by atoms with Crippen molar-refractivity contribution in [1.29, 1.82) is 0 Å². The van der Waals surface area contributed by atoms with Crippen molar-refractivity contribution in [2.45, 2.75) is 26.3 Å². The lowest BCUT2D eigenvalue weighted by Gasteiger charge is -2.40. The van der Waals surface area contributed by atoms with E-state index in [1.54, 1.807) is 12.1 Å². The molecule has 2 aliphatic rings. The Hall–Kier alpha value is -1.89. The second-order valence-corrected chi connectivity index (χ2v) is 7.84. The molecule has 1 fully saturated rings. The molecule has 1 aliphatic carbocycles. The molecule has 1 unspecified atom stereocenters. The largest absolute Gasteiger partial charge is 0.478 e. The third-order valence-corrected chi connectivity index (χ3v) is 5.95. The van der Waals surface area contributed by atoms with Gasteiger partial charge >= 0.3 is 5.97 Å². The number of hydrogen-bond donors (Lipinski definition) is 2. The van der Waals surface area contributed by atoms with Crippen LogP contribution in [0.2, 0.25) is 5.02 Å². The van der Waals surface area contributed by atoms with E-state index in [0.717, 1.165) is 32.6 Å². The van der Waals surface area contributed by atoms with E-state index in [2.05, 4.69) is 41.1 Å². The van der Waals surface area contributed by atoms with Gasteiger partial charge in [0.15, 0.2) is 5.11 Å². The van der Waals surface area contributed by atoms with Crippen LogP contribution in [0.25, 0.3) is 0 Å². The number of carboxylic acids is 1. The molecule has 7 heteroatoms. The number of allylic oxidation sites excluding steroid dienone is 2. The van der Waals surface area contributed by atoms with E-state index in [-0.39, 0.29) is 10.6 Å². The zero-order valence-corrected chi connectivity index (χ0v) is 17.1. The van der Waals surface area contributed by atoms with E-state index in [9.17, 15) is 4.79 Å². The van der Waals surface area contributed by atoms with Gasteiger partial charge in [-0.2, -0.15) is 0 Å². The van der Waals surface area contributed by atoms with E-state index < -0.39 is 5.97 Å². The smallest absolute Gasteiger partial charge is 0.337 e. The highest BCUT2D eigenvalue weighted by atomic mass is 35.5. The molecule has 1 atom stereocenters. The first-order valence-corrected chi connectivity index (χ1v) is 9.81. The van der Waals surface area contributed by atoms with E-state index in [1.165, 1.54) is 17.2 Å². The van der Waals surface area contributed by atoms with Gasteiger partial charge in [-0.05, 0) is 50.7 Å². The topological polar surface area (TPSA) is 55.8 Å². The fourth-order valence-electron chi connectivity index (χ4n) is 3.42. The minimum atomic E-state index is -1.04. The Balaban J connectivity index is 1.54. The number of benzene rings is 1. The molecule has 144 valence electrons. The van der Waals surface area contributed by atoms with E-state index in [4.69, 9.17) is 28.9 Å². The number of thiocarbonyl (C=S) groups is 1. The van der Waals surface area contributed by atoms with Crippen LogP contribution in [-0.2, 0) is 0 Å². The number of rotatable bonds is 3. The molecule has 0 radical (unpaired) electrons. The molecular weight excluding hydrogens is 382 g/mol. The van der Waals surface area contributed by atoms with Crippen molar-refractivity contribution in [2.75, 3.05) is 31.5 Å². The van der Waals surface area contributed by atoms with Crippen LogP contribution < -0.4 is 5.32 Å². The molecule has 1 saturated heterocycles. The van der Waals surface area contributed by atoms with Crippen LogP contribution in [0.5, 0.6) is 0 Å². The fourth-order valence-corrected chi connectivity index (χ4v) is 3.98. The third kappa shape index (κ3) is 4.69. The Labute approximate surface area is 170 Å². The molecule has 2 N–H and O–H groups in total. The monoisotopic (exact) mass is 405 g/mol. The summed E-state index contributed by atoms with van der Waals surface area (Å²) in [5.41, 5.74) is 3.62. The summed E-state index contributed by atoms with van der Waals surface area (Å²) in [7, 11) is 0. The predicted octanol–water partition coefficient (Wildman–Crippen LogP) is 4.02. The first kappa shape index (κ1) is 19.9.